The molecule has 1 aromatic carbocycles. The fraction of sp³-hybridized carbons (Fsp3) is 0.545. The number of aliphatic hydroxyl groups excluding tert-OH is 1. The molecule has 2 aliphatic rings. The Morgan fingerprint density at radius 1 is 1.36 bits per heavy atom. The van der Waals surface area contributed by atoms with E-state index in [0.29, 0.717) is 4.99 Å². The lowest BCUT2D eigenvalue weighted by atomic mass is 9.96. The summed E-state index contributed by atoms with van der Waals surface area (Å²) in [6.07, 6.45) is -0.724. The van der Waals surface area contributed by atoms with Crippen molar-refractivity contribution < 1.29 is 38.1 Å². The van der Waals surface area contributed by atoms with Crippen molar-refractivity contribution in [3.8, 4) is 5.75 Å². The zero-order valence-electron chi connectivity index (χ0n) is 20.3. The predicted molar refractivity (Wildman–Crippen MR) is 139 cm³/mol. The number of benzene rings is 1. The number of hydrogen-bond donors (Lipinski definition) is 5. The molecule has 0 saturated carbocycles. The first-order valence-electron chi connectivity index (χ1n) is 11.3. The highest BCUT2D eigenvalue weighted by Crippen LogP contribution is 2.46. The molecule has 1 saturated heterocycles. The van der Waals surface area contributed by atoms with Crippen LogP contribution in [0.3, 0.4) is 0 Å². The van der Waals surface area contributed by atoms with Gasteiger partial charge >= 0.3 is 13.7 Å². The maximum atomic E-state index is 13.7. The van der Waals surface area contributed by atoms with E-state index in [1.807, 2.05) is 0 Å². The summed E-state index contributed by atoms with van der Waals surface area (Å²) in [5, 5.41) is 27.3. The second kappa shape index (κ2) is 11.8. The molecule has 0 radical (unpaired) electrons. The number of thiol groups is 1. The molecule has 4 N–H and O–H groups in total. The molecule has 200 valence electrons. The highest BCUT2D eigenvalue weighted by Gasteiger charge is 2.55. The summed E-state index contributed by atoms with van der Waals surface area (Å²) >= 11 is 9.51. The molecular weight excluding hydrogens is 529 g/mol. The van der Waals surface area contributed by atoms with Gasteiger partial charge in [-0.05, 0) is 45.9 Å². The van der Waals surface area contributed by atoms with Gasteiger partial charge in [-0.15, -0.1) is 12.6 Å². The molecule has 11 nitrogen and oxygen atoms in total. The third-order valence-corrected chi connectivity index (χ3v) is 7.71. The summed E-state index contributed by atoms with van der Waals surface area (Å²) in [5.41, 5.74) is -2.36. The van der Waals surface area contributed by atoms with Crippen molar-refractivity contribution in [1.29, 1.82) is 0 Å². The van der Waals surface area contributed by atoms with Gasteiger partial charge < -0.3 is 34.4 Å². The van der Waals surface area contributed by atoms with Crippen LogP contribution in [0.1, 0.15) is 27.7 Å². The van der Waals surface area contributed by atoms with Gasteiger partial charge in [0.05, 0.1) is 12.7 Å². The Bertz CT molecular complexity index is 1010. The molecular formula is C22H32N3O8PS2. The van der Waals surface area contributed by atoms with Gasteiger partial charge in [0.2, 0.25) is 0 Å². The Hall–Kier alpha value is -1.70. The number of aliphatic hydroxyl groups is 2. The third kappa shape index (κ3) is 6.99. The van der Waals surface area contributed by atoms with Crippen molar-refractivity contribution >= 4 is 43.6 Å². The smallest absolute Gasteiger partial charge is 0.459 e. The van der Waals surface area contributed by atoms with Crippen molar-refractivity contribution in [1.82, 2.24) is 15.3 Å². The predicted octanol–water partition coefficient (Wildman–Crippen LogP) is 1.92. The van der Waals surface area contributed by atoms with Crippen LogP contribution >= 0.6 is 32.6 Å². The summed E-state index contributed by atoms with van der Waals surface area (Å²) < 4.78 is 35.9. The Morgan fingerprint density at radius 3 is 2.64 bits per heavy atom. The van der Waals surface area contributed by atoms with Crippen molar-refractivity contribution in [3.63, 3.8) is 0 Å². The molecule has 36 heavy (non-hydrogen) atoms. The van der Waals surface area contributed by atoms with E-state index < -0.39 is 55.9 Å². The van der Waals surface area contributed by atoms with Crippen molar-refractivity contribution in [2.75, 3.05) is 6.61 Å². The highest BCUT2D eigenvalue weighted by atomic mass is 32.1. The number of nitrogens with one attached hydrogen (secondary N) is 2. The minimum absolute atomic E-state index is 0.230. The van der Waals surface area contributed by atoms with Crippen LogP contribution < -0.4 is 14.9 Å². The summed E-state index contributed by atoms with van der Waals surface area (Å²) in [4.78, 5) is 14.3. The number of hydrogen-bond acceptors (Lipinski definition) is 11. The summed E-state index contributed by atoms with van der Waals surface area (Å²) in [7, 11) is -4.18. The van der Waals surface area contributed by atoms with E-state index in [2.05, 4.69) is 23.0 Å². The van der Waals surface area contributed by atoms with Crippen LogP contribution in [-0.4, -0.2) is 74.4 Å². The van der Waals surface area contributed by atoms with Crippen LogP contribution in [0.2, 0.25) is 0 Å². The lowest BCUT2D eigenvalue weighted by molar-refractivity contribution is -0.149. The maximum Gasteiger partial charge on any atom is 0.459 e. The van der Waals surface area contributed by atoms with Gasteiger partial charge in [-0.3, -0.25) is 9.32 Å². The fourth-order valence-corrected chi connectivity index (χ4v) is 5.70. The van der Waals surface area contributed by atoms with Crippen LogP contribution in [-0.2, 0) is 23.4 Å². The molecule has 2 heterocycles. The number of para-hydroxylation sites is 1. The topological polar surface area (TPSA) is 139 Å². The third-order valence-electron chi connectivity index (χ3n) is 5.41. The van der Waals surface area contributed by atoms with Crippen LogP contribution in [0.25, 0.3) is 0 Å². The fourth-order valence-electron chi connectivity index (χ4n) is 3.60. The number of ether oxygens (including phenoxy) is 2. The summed E-state index contributed by atoms with van der Waals surface area (Å²) in [6.45, 7) is 5.82. The Morgan fingerprint density at radius 2 is 2.03 bits per heavy atom. The van der Waals surface area contributed by atoms with Crippen LogP contribution in [0.4, 0.5) is 0 Å². The highest BCUT2D eigenvalue weighted by molar-refractivity contribution is 7.82. The van der Waals surface area contributed by atoms with E-state index in [1.54, 1.807) is 61.4 Å². The van der Waals surface area contributed by atoms with Gasteiger partial charge in [-0.2, -0.15) is 5.09 Å². The zero-order chi connectivity index (χ0) is 26.7. The molecule has 0 bridgehead atoms. The molecule has 0 spiro atoms. The Labute approximate surface area is 221 Å². The van der Waals surface area contributed by atoms with E-state index >= 15 is 0 Å². The maximum absolute atomic E-state index is 13.7. The van der Waals surface area contributed by atoms with E-state index in [1.165, 1.54) is 13.8 Å². The van der Waals surface area contributed by atoms with E-state index in [0.717, 1.165) is 0 Å². The molecule has 0 aliphatic carbocycles. The van der Waals surface area contributed by atoms with Crippen LogP contribution in [0.15, 0.2) is 42.6 Å². The van der Waals surface area contributed by atoms with E-state index in [4.69, 9.17) is 30.7 Å². The second-order valence-electron chi connectivity index (χ2n) is 8.88. The number of carbonyl (C=O) groups is 1. The Balaban J connectivity index is 1.75. The normalized spacial score (nSPS) is 30.6. The first-order valence-corrected chi connectivity index (χ1v) is 13.8. The number of rotatable bonds is 10. The van der Waals surface area contributed by atoms with E-state index in [9.17, 15) is 19.6 Å². The van der Waals surface area contributed by atoms with Gasteiger partial charge in [0.15, 0.2) is 6.23 Å². The van der Waals surface area contributed by atoms with Crippen molar-refractivity contribution in [2.45, 2.75) is 69.4 Å². The van der Waals surface area contributed by atoms with Crippen molar-refractivity contribution in [3.05, 3.63) is 42.6 Å². The molecule has 3 rings (SSSR count). The number of nitrogens with zero attached hydrogens (tertiary/aromatic N) is 1. The average Bonchev–Trinajstić information content (AvgIpc) is 3.01. The number of esters is 1. The van der Waals surface area contributed by atoms with Gasteiger partial charge in [-0.1, -0.05) is 30.4 Å². The summed E-state index contributed by atoms with van der Waals surface area (Å²) in [5.74, 6) is -0.415. The number of carbonyl (C=O) groups excluding carboxylic acids is 1. The van der Waals surface area contributed by atoms with Crippen LogP contribution in [0, 0.1) is 0 Å². The molecule has 0 amide bonds. The standard InChI is InChI=1S/C22H32N3O8PS2/c1-13(2)31-19(27)14(3)24-34(29,33-15-8-6-5-7-9-15)30-12-16-18(26)22(4,28)20(32-16)25-11-10-17(35)23-21(25)36/h5-11,13-14,16,18,20-21,26,28,36H,12H2,1-4H3,(H,23,35)(H,24,29)/t14-,16+,18-,20+,21?,22?,34?/m0/s1. The van der Waals surface area contributed by atoms with Gasteiger partial charge in [0.1, 0.15) is 40.1 Å². The molecule has 1 aromatic rings. The molecule has 1 fully saturated rings. The molecule has 0 aromatic heterocycles. The van der Waals surface area contributed by atoms with E-state index in [-0.39, 0.29) is 11.9 Å². The van der Waals surface area contributed by atoms with Crippen molar-refractivity contribution in [2.24, 2.45) is 0 Å². The SMILES string of the molecule is CC(C)OC(=O)[C@H](C)NP(=O)(OC[C@H]1O[C@@H](N2C=CC(=S)NC2S)C(C)(O)[C@H]1O)Oc1ccccc1. The molecule has 14 heteroatoms. The van der Waals surface area contributed by atoms with Gasteiger partial charge in [0.25, 0.3) is 0 Å². The quantitative estimate of drug-likeness (QED) is 0.123. The Kier molecular flexibility index (Phi) is 9.45. The molecule has 7 atom stereocenters. The lowest BCUT2D eigenvalue weighted by Crippen LogP contribution is -2.57. The first-order chi connectivity index (χ1) is 16.8. The lowest BCUT2D eigenvalue weighted by Gasteiger charge is -2.40. The number of thiocarbonyl (C=S) groups is 1. The minimum atomic E-state index is -4.18. The summed E-state index contributed by atoms with van der Waals surface area (Å²) in [6, 6.07) is 7.23. The molecule has 3 unspecified atom stereocenters. The first kappa shape index (κ1) is 28.9. The average molecular weight is 562 g/mol. The van der Waals surface area contributed by atoms with Crippen LogP contribution in [0.5, 0.6) is 5.75 Å². The molecule has 2 aliphatic heterocycles. The monoisotopic (exact) mass is 561 g/mol. The zero-order valence-corrected chi connectivity index (χ0v) is 22.9. The largest absolute Gasteiger partial charge is 0.462 e. The minimum Gasteiger partial charge on any atom is -0.462 e. The van der Waals surface area contributed by atoms with Gasteiger partial charge in [0, 0.05) is 6.20 Å². The second-order valence-corrected chi connectivity index (χ2v) is 11.5. The van der Waals surface area contributed by atoms with Gasteiger partial charge in [-0.25, -0.2) is 4.57 Å².